The molecule has 90 valence electrons. The van der Waals surface area contributed by atoms with Crippen LogP contribution in [0.25, 0.3) is 0 Å². The molecule has 0 aliphatic heterocycles. The molecule has 0 aliphatic carbocycles. The summed E-state index contributed by atoms with van der Waals surface area (Å²) in [5.74, 6) is 1.75. The van der Waals surface area contributed by atoms with Crippen LogP contribution in [-0.4, -0.2) is 33.9 Å². The number of hydrogen-bond donors (Lipinski definition) is 1. The average Bonchev–Trinajstić information content (AvgIpc) is 2.30. The van der Waals surface area contributed by atoms with Gasteiger partial charge in [0.15, 0.2) is 0 Å². The maximum atomic E-state index is 5.83. The molecule has 16 heavy (non-hydrogen) atoms. The second-order valence-corrected chi connectivity index (χ2v) is 4.14. The highest BCUT2D eigenvalue weighted by Gasteiger charge is 2.22. The van der Waals surface area contributed by atoms with Gasteiger partial charge in [-0.2, -0.15) is 4.98 Å². The Bertz CT molecular complexity index is 332. The monoisotopic (exact) mass is 263 g/mol. The first-order valence-electron chi connectivity index (χ1n) is 4.99. The maximum Gasteiger partial charge on any atom is 0.226 e. The minimum absolute atomic E-state index is 0.374. The summed E-state index contributed by atoms with van der Waals surface area (Å²) in [7, 11) is 0. The third-order valence-electron chi connectivity index (χ3n) is 1.93. The Morgan fingerprint density at radius 3 is 2.69 bits per heavy atom. The standard InChI is InChI=1S/C10H15Cl2N3O/c1-3-16-8-4-5-13-9(14-8)15-10(2,6-11)7-12/h4-5H,3,6-7H2,1-2H3,(H,13,14,15). The Balaban J connectivity index is 2.76. The predicted octanol–water partition coefficient (Wildman–Crippen LogP) is 2.52. The molecule has 6 heteroatoms. The van der Waals surface area contributed by atoms with Gasteiger partial charge in [0.1, 0.15) is 0 Å². The van der Waals surface area contributed by atoms with Gasteiger partial charge >= 0.3 is 0 Å². The lowest BCUT2D eigenvalue weighted by Gasteiger charge is -2.25. The van der Waals surface area contributed by atoms with Crippen LogP contribution >= 0.6 is 23.2 Å². The number of aromatic nitrogens is 2. The molecule has 0 bridgehead atoms. The molecule has 0 saturated heterocycles. The first-order chi connectivity index (χ1) is 7.63. The van der Waals surface area contributed by atoms with Crippen LogP contribution in [0.1, 0.15) is 13.8 Å². The van der Waals surface area contributed by atoms with Crippen LogP contribution in [0, 0.1) is 0 Å². The fourth-order valence-corrected chi connectivity index (χ4v) is 1.42. The van der Waals surface area contributed by atoms with E-state index in [4.69, 9.17) is 27.9 Å². The summed E-state index contributed by atoms with van der Waals surface area (Å²) in [6.45, 7) is 4.37. The van der Waals surface area contributed by atoms with Gasteiger partial charge in [0.25, 0.3) is 0 Å². The molecule has 0 unspecified atom stereocenters. The predicted molar refractivity (Wildman–Crippen MR) is 66.7 cm³/mol. The summed E-state index contributed by atoms with van der Waals surface area (Å²) in [5, 5.41) is 3.09. The van der Waals surface area contributed by atoms with Crippen LogP contribution in [0.5, 0.6) is 5.88 Å². The average molecular weight is 264 g/mol. The van der Waals surface area contributed by atoms with Crippen LogP contribution in [0.15, 0.2) is 12.3 Å². The van der Waals surface area contributed by atoms with Crippen molar-refractivity contribution < 1.29 is 4.74 Å². The Labute approximate surface area is 105 Å². The number of anilines is 1. The van der Waals surface area contributed by atoms with Crippen molar-refractivity contribution >= 4 is 29.2 Å². The molecule has 4 nitrogen and oxygen atoms in total. The zero-order valence-corrected chi connectivity index (χ0v) is 10.8. The second kappa shape index (κ2) is 6.11. The normalized spacial score (nSPS) is 11.2. The summed E-state index contributed by atoms with van der Waals surface area (Å²) < 4.78 is 5.27. The van der Waals surface area contributed by atoms with Gasteiger partial charge in [0, 0.05) is 24.0 Å². The van der Waals surface area contributed by atoms with Crippen LogP contribution in [-0.2, 0) is 0 Å². The van der Waals surface area contributed by atoms with Crippen LogP contribution in [0.4, 0.5) is 5.95 Å². The second-order valence-electron chi connectivity index (χ2n) is 3.60. The van der Waals surface area contributed by atoms with E-state index in [-0.39, 0.29) is 0 Å². The Hall–Kier alpha value is -0.740. The molecule has 0 aliphatic rings. The van der Waals surface area contributed by atoms with Gasteiger partial charge < -0.3 is 10.1 Å². The van der Waals surface area contributed by atoms with Crippen molar-refractivity contribution in [2.75, 3.05) is 23.7 Å². The lowest BCUT2D eigenvalue weighted by Crippen LogP contribution is -2.39. The molecule has 0 amide bonds. The molecular weight excluding hydrogens is 249 g/mol. The summed E-state index contributed by atoms with van der Waals surface area (Å²) in [6.07, 6.45) is 1.63. The quantitative estimate of drug-likeness (QED) is 0.802. The van der Waals surface area contributed by atoms with Crippen LogP contribution in [0.2, 0.25) is 0 Å². The van der Waals surface area contributed by atoms with Crippen molar-refractivity contribution in [3.8, 4) is 5.88 Å². The van der Waals surface area contributed by atoms with Crippen molar-refractivity contribution in [1.29, 1.82) is 0 Å². The van der Waals surface area contributed by atoms with E-state index in [0.717, 1.165) is 0 Å². The van der Waals surface area contributed by atoms with Gasteiger partial charge in [0.2, 0.25) is 11.8 Å². The molecule has 1 aromatic heterocycles. The first-order valence-corrected chi connectivity index (χ1v) is 6.06. The van der Waals surface area contributed by atoms with Crippen molar-refractivity contribution in [2.45, 2.75) is 19.4 Å². The Morgan fingerprint density at radius 1 is 1.44 bits per heavy atom. The fraction of sp³-hybridized carbons (Fsp3) is 0.600. The van der Waals surface area contributed by atoms with Gasteiger partial charge in [-0.25, -0.2) is 4.98 Å². The molecule has 1 heterocycles. The molecule has 0 spiro atoms. The van der Waals surface area contributed by atoms with Gasteiger partial charge in [-0.15, -0.1) is 23.2 Å². The highest BCUT2D eigenvalue weighted by atomic mass is 35.5. The van der Waals surface area contributed by atoms with E-state index in [1.165, 1.54) is 0 Å². The zero-order chi connectivity index (χ0) is 12.0. The maximum absolute atomic E-state index is 5.83. The van der Waals surface area contributed by atoms with Crippen LogP contribution in [0.3, 0.4) is 0 Å². The lowest BCUT2D eigenvalue weighted by molar-refractivity contribution is 0.326. The summed E-state index contributed by atoms with van der Waals surface area (Å²) >= 11 is 11.7. The van der Waals surface area contributed by atoms with Gasteiger partial charge in [-0.05, 0) is 13.8 Å². The topological polar surface area (TPSA) is 47.0 Å². The van der Waals surface area contributed by atoms with E-state index in [1.54, 1.807) is 12.3 Å². The largest absolute Gasteiger partial charge is 0.478 e. The van der Waals surface area contributed by atoms with Crippen LogP contribution < -0.4 is 10.1 Å². The number of hydrogen-bond acceptors (Lipinski definition) is 4. The highest BCUT2D eigenvalue weighted by Crippen LogP contribution is 2.16. The van der Waals surface area contributed by atoms with Crippen molar-refractivity contribution in [3.63, 3.8) is 0 Å². The molecule has 0 fully saturated rings. The third-order valence-corrected chi connectivity index (χ3v) is 3.11. The number of alkyl halides is 2. The van der Waals surface area contributed by atoms with E-state index >= 15 is 0 Å². The van der Waals surface area contributed by atoms with Gasteiger partial charge in [-0.1, -0.05) is 0 Å². The van der Waals surface area contributed by atoms with Crippen molar-refractivity contribution in [1.82, 2.24) is 9.97 Å². The molecule has 1 aromatic rings. The fourth-order valence-electron chi connectivity index (χ4n) is 1.00. The molecular formula is C10H15Cl2N3O. The summed E-state index contributed by atoms with van der Waals surface area (Å²) in [6, 6.07) is 1.70. The Morgan fingerprint density at radius 2 is 2.12 bits per heavy atom. The number of nitrogens with zero attached hydrogens (tertiary/aromatic N) is 2. The smallest absolute Gasteiger partial charge is 0.226 e. The first kappa shape index (κ1) is 13.3. The Kier molecular flexibility index (Phi) is 5.09. The minimum Gasteiger partial charge on any atom is -0.478 e. The summed E-state index contributed by atoms with van der Waals surface area (Å²) in [4.78, 5) is 8.26. The van der Waals surface area contributed by atoms with E-state index < -0.39 is 5.54 Å². The molecule has 0 radical (unpaired) electrons. The summed E-state index contributed by atoms with van der Waals surface area (Å²) in [5.41, 5.74) is -0.423. The number of ether oxygens (including phenoxy) is 1. The molecule has 1 N–H and O–H groups in total. The van der Waals surface area contributed by atoms with E-state index in [2.05, 4.69) is 15.3 Å². The van der Waals surface area contributed by atoms with E-state index in [0.29, 0.717) is 30.2 Å². The lowest BCUT2D eigenvalue weighted by atomic mass is 10.1. The van der Waals surface area contributed by atoms with Crippen molar-refractivity contribution in [2.24, 2.45) is 0 Å². The van der Waals surface area contributed by atoms with E-state index in [1.807, 2.05) is 13.8 Å². The van der Waals surface area contributed by atoms with Gasteiger partial charge in [-0.3, -0.25) is 0 Å². The molecule has 0 atom stereocenters. The third kappa shape index (κ3) is 3.68. The minimum atomic E-state index is -0.423. The number of rotatable bonds is 6. The molecule has 0 aromatic carbocycles. The SMILES string of the molecule is CCOc1ccnc(NC(C)(CCl)CCl)n1. The number of nitrogens with one attached hydrogen (secondary N) is 1. The van der Waals surface area contributed by atoms with Crippen molar-refractivity contribution in [3.05, 3.63) is 12.3 Å². The zero-order valence-electron chi connectivity index (χ0n) is 9.33. The highest BCUT2D eigenvalue weighted by molar-refractivity contribution is 6.22. The molecule has 1 rings (SSSR count). The molecule has 0 saturated carbocycles. The van der Waals surface area contributed by atoms with E-state index in [9.17, 15) is 0 Å². The van der Waals surface area contributed by atoms with Gasteiger partial charge in [0.05, 0.1) is 12.1 Å². The number of halogens is 2.